The molecule has 0 saturated carbocycles. The third-order valence-electron chi connectivity index (χ3n) is 2.93. The van der Waals surface area contributed by atoms with Crippen molar-refractivity contribution in [1.29, 1.82) is 0 Å². The molecule has 0 unspecified atom stereocenters. The van der Waals surface area contributed by atoms with Crippen LogP contribution >= 0.6 is 11.6 Å². The van der Waals surface area contributed by atoms with Crippen molar-refractivity contribution in [3.8, 4) is 0 Å². The molecular formula is C11H16ClN3O. The van der Waals surface area contributed by atoms with Gasteiger partial charge < -0.3 is 15.2 Å². The maximum Gasteiger partial charge on any atom is 0.270 e. The normalized spacial score (nSPS) is 20.4. The Morgan fingerprint density at radius 1 is 1.69 bits per heavy atom. The zero-order valence-corrected chi connectivity index (χ0v) is 10.1. The van der Waals surface area contributed by atoms with Crippen LogP contribution in [0.25, 0.3) is 0 Å². The SMILES string of the molecule is CCn1cc(Cl)cc1C(=O)N1CC[C@H](N)C1. The van der Waals surface area contributed by atoms with Crippen molar-refractivity contribution in [2.75, 3.05) is 13.1 Å². The standard InChI is InChI=1S/C11H16ClN3O/c1-2-14-6-8(12)5-10(14)11(16)15-4-3-9(13)7-15/h5-6,9H,2-4,7,13H2,1H3/t9-/m0/s1. The first-order valence-corrected chi connectivity index (χ1v) is 5.90. The molecule has 0 radical (unpaired) electrons. The van der Waals surface area contributed by atoms with Gasteiger partial charge in [0.05, 0.1) is 5.02 Å². The summed E-state index contributed by atoms with van der Waals surface area (Å²) in [7, 11) is 0. The van der Waals surface area contributed by atoms with Crippen LogP contribution in [0.2, 0.25) is 5.02 Å². The Morgan fingerprint density at radius 2 is 2.44 bits per heavy atom. The van der Waals surface area contributed by atoms with Crippen LogP contribution in [0.4, 0.5) is 0 Å². The number of likely N-dealkylation sites (tertiary alicyclic amines) is 1. The van der Waals surface area contributed by atoms with Crippen LogP contribution in [-0.4, -0.2) is 34.5 Å². The predicted octanol–water partition coefficient (Wildman–Crippen LogP) is 1.33. The molecule has 88 valence electrons. The Labute approximate surface area is 100.0 Å². The van der Waals surface area contributed by atoms with E-state index in [1.165, 1.54) is 0 Å². The van der Waals surface area contributed by atoms with E-state index in [-0.39, 0.29) is 11.9 Å². The molecule has 4 nitrogen and oxygen atoms in total. The van der Waals surface area contributed by atoms with Gasteiger partial charge in [0.1, 0.15) is 5.69 Å². The van der Waals surface area contributed by atoms with Gasteiger partial charge in [-0.15, -0.1) is 0 Å². The number of nitrogens with two attached hydrogens (primary N) is 1. The number of aromatic nitrogens is 1. The number of hydrogen-bond donors (Lipinski definition) is 1. The average Bonchev–Trinajstić information content (AvgIpc) is 2.83. The molecule has 1 aliphatic heterocycles. The Bertz CT molecular complexity index is 402. The van der Waals surface area contributed by atoms with E-state index in [4.69, 9.17) is 17.3 Å². The van der Waals surface area contributed by atoms with Gasteiger partial charge in [-0.3, -0.25) is 4.79 Å². The molecule has 1 amide bonds. The van der Waals surface area contributed by atoms with E-state index in [9.17, 15) is 4.79 Å². The number of aryl methyl sites for hydroxylation is 1. The minimum Gasteiger partial charge on any atom is -0.342 e. The maximum atomic E-state index is 12.2. The number of amides is 1. The first-order chi connectivity index (χ1) is 7.61. The molecule has 0 aliphatic carbocycles. The molecule has 1 atom stereocenters. The molecule has 1 aromatic heterocycles. The lowest BCUT2D eigenvalue weighted by Gasteiger charge is -2.16. The minimum atomic E-state index is 0.0294. The summed E-state index contributed by atoms with van der Waals surface area (Å²) in [6.45, 7) is 4.12. The highest BCUT2D eigenvalue weighted by Crippen LogP contribution is 2.18. The van der Waals surface area contributed by atoms with Crippen LogP contribution in [0, 0.1) is 0 Å². The largest absolute Gasteiger partial charge is 0.342 e. The van der Waals surface area contributed by atoms with Crippen LogP contribution in [0.1, 0.15) is 23.8 Å². The Balaban J connectivity index is 2.20. The molecule has 2 heterocycles. The quantitative estimate of drug-likeness (QED) is 0.850. The van der Waals surface area contributed by atoms with Gasteiger partial charge in [0, 0.05) is 31.9 Å². The zero-order valence-electron chi connectivity index (χ0n) is 9.32. The van der Waals surface area contributed by atoms with E-state index in [0.29, 0.717) is 17.3 Å². The highest BCUT2D eigenvalue weighted by molar-refractivity contribution is 6.31. The second-order valence-corrected chi connectivity index (χ2v) is 4.57. The first kappa shape index (κ1) is 11.5. The van der Waals surface area contributed by atoms with Crippen molar-refractivity contribution in [1.82, 2.24) is 9.47 Å². The first-order valence-electron chi connectivity index (χ1n) is 5.52. The summed E-state index contributed by atoms with van der Waals surface area (Å²) < 4.78 is 1.87. The third kappa shape index (κ3) is 2.08. The van der Waals surface area contributed by atoms with E-state index < -0.39 is 0 Å². The highest BCUT2D eigenvalue weighted by Gasteiger charge is 2.26. The fourth-order valence-corrected chi connectivity index (χ4v) is 2.27. The van der Waals surface area contributed by atoms with Gasteiger partial charge in [-0.2, -0.15) is 0 Å². The Hall–Kier alpha value is -1.00. The molecule has 0 aromatic carbocycles. The summed E-state index contributed by atoms with van der Waals surface area (Å²) in [4.78, 5) is 14.0. The molecule has 2 rings (SSSR count). The second kappa shape index (κ2) is 4.47. The van der Waals surface area contributed by atoms with Crippen LogP contribution in [0.5, 0.6) is 0 Å². The van der Waals surface area contributed by atoms with Gasteiger partial charge in [-0.05, 0) is 19.4 Å². The summed E-state index contributed by atoms with van der Waals surface area (Å²) in [5, 5.41) is 0.605. The van der Waals surface area contributed by atoms with Crippen molar-refractivity contribution in [3.63, 3.8) is 0 Å². The molecule has 5 heteroatoms. The number of nitrogens with zero attached hydrogens (tertiary/aromatic N) is 2. The van der Waals surface area contributed by atoms with E-state index >= 15 is 0 Å². The number of carbonyl (C=O) groups excluding carboxylic acids is 1. The Kier molecular flexibility index (Phi) is 3.21. The molecular weight excluding hydrogens is 226 g/mol. The van der Waals surface area contributed by atoms with Crippen LogP contribution in [-0.2, 0) is 6.54 Å². The van der Waals surface area contributed by atoms with Crippen molar-refractivity contribution < 1.29 is 4.79 Å². The van der Waals surface area contributed by atoms with E-state index in [2.05, 4.69) is 0 Å². The molecule has 16 heavy (non-hydrogen) atoms. The fourth-order valence-electron chi connectivity index (χ4n) is 2.05. The van der Waals surface area contributed by atoms with Gasteiger partial charge in [0.15, 0.2) is 0 Å². The van der Waals surface area contributed by atoms with Crippen LogP contribution in [0.15, 0.2) is 12.3 Å². The van der Waals surface area contributed by atoms with Gasteiger partial charge in [-0.25, -0.2) is 0 Å². The number of rotatable bonds is 2. The van der Waals surface area contributed by atoms with Gasteiger partial charge in [0.2, 0.25) is 0 Å². The summed E-state index contributed by atoms with van der Waals surface area (Å²) in [5.41, 5.74) is 6.44. The molecule has 1 saturated heterocycles. The second-order valence-electron chi connectivity index (χ2n) is 4.13. The van der Waals surface area contributed by atoms with E-state index in [1.807, 2.05) is 11.5 Å². The van der Waals surface area contributed by atoms with Gasteiger partial charge in [0.25, 0.3) is 5.91 Å². The predicted molar refractivity (Wildman–Crippen MR) is 63.6 cm³/mol. The lowest BCUT2D eigenvalue weighted by atomic mass is 10.3. The lowest BCUT2D eigenvalue weighted by Crippen LogP contribution is -2.33. The molecule has 0 bridgehead atoms. The number of carbonyl (C=O) groups is 1. The summed E-state index contributed by atoms with van der Waals surface area (Å²) >= 11 is 5.91. The lowest BCUT2D eigenvalue weighted by molar-refractivity contribution is 0.0780. The number of hydrogen-bond acceptors (Lipinski definition) is 2. The van der Waals surface area contributed by atoms with Crippen molar-refractivity contribution in [2.45, 2.75) is 25.9 Å². The molecule has 2 N–H and O–H groups in total. The number of halogens is 1. The van der Waals surface area contributed by atoms with Gasteiger partial charge >= 0.3 is 0 Å². The van der Waals surface area contributed by atoms with E-state index in [1.54, 1.807) is 17.2 Å². The molecule has 1 aliphatic rings. The monoisotopic (exact) mass is 241 g/mol. The summed E-state index contributed by atoms with van der Waals surface area (Å²) in [6.07, 6.45) is 2.66. The molecule has 1 fully saturated rings. The van der Waals surface area contributed by atoms with Gasteiger partial charge in [-0.1, -0.05) is 11.6 Å². The summed E-state index contributed by atoms with van der Waals surface area (Å²) in [6, 6.07) is 1.83. The van der Waals surface area contributed by atoms with Crippen LogP contribution in [0.3, 0.4) is 0 Å². The Morgan fingerprint density at radius 3 is 3.00 bits per heavy atom. The fraction of sp³-hybridized carbons (Fsp3) is 0.545. The van der Waals surface area contributed by atoms with Crippen molar-refractivity contribution in [2.24, 2.45) is 5.73 Å². The summed E-state index contributed by atoms with van der Waals surface area (Å²) in [5.74, 6) is 0.0294. The maximum absolute atomic E-state index is 12.2. The van der Waals surface area contributed by atoms with Crippen LogP contribution < -0.4 is 5.73 Å². The minimum absolute atomic E-state index is 0.0294. The topological polar surface area (TPSA) is 51.3 Å². The van der Waals surface area contributed by atoms with E-state index in [0.717, 1.165) is 19.5 Å². The average molecular weight is 242 g/mol. The van der Waals surface area contributed by atoms with Crippen molar-refractivity contribution in [3.05, 3.63) is 23.0 Å². The smallest absolute Gasteiger partial charge is 0.270 e. The molecule has 0 spiro atoms. The highest BCUT2D eigenvalue weighted by atomic mass is 35.5. The third-order valence-corrected chi connectivity index (χ3v) is 3.14. The molecule has 1 aromatic rings. The van der Waals surface area contributed by atoms with Crippen molar-refractivity contribution >= 4 is 17.5 Å². The zero-order chi connectivity index (χ0) is 11.7.